The minimum Gasteiger partial charge on any atom is -0.338 e. The molecule has 128 valence electrons. The highest BCUT2D eigenvalue weighted by Gasteiger charge is 2.11. The minimum absolute atomic E-state index is 0.0660. The van der Waals surface area contributed by atoms with E-state index in [1.54, 1.807) is 31.2 Å². The van der Waals surface area contributed by atoms with E-state index < -0.39 is 11.8 Å². The third kappa shape index (κ3) is 3.82. The van der Waals surface area contributed by atoms with Crippen LogP contribution in [0.1, 0.15) is 18.2 Å². The van der Waals surface area contributed by atoms with Gasteiger partial charge in [0.1, 0.15) is 11.6 Å². The Morgan fingerprint density at radius 3 is 2.68 bits per heavy atom. The van der Waals surface area contributed by atoms with Crippen LogP contribution in [0.5, 0.6) is 0 Å². The normalized spacial score (nSPS) is 11.2. The maximum Gasteiger partial charge on any atom is 0.319 e. The van der Waals surface area contributed by atoms with Gasteiger partial charge in [0.2, 0.25) is 0 Å². The second kappa shape index (κ2) is 7.12. The van der Waals surface area contributed by atoms with E-state index in [1.165, 1.54) is 24.3 Å². The number of hydrogen-bond donors (Lipinski definition) is 3. The van der Waals surface area contributed by atoms with E-state index in [0.29, 0.717) is 23.1 Å². The molecule has 0 radical (unpaired) electrons. The van der Waals surface area contributed by atoms with Crippen LogP contribution in [0.3, 0.4) is 0 Å². The number of aromatic nitrogens is 2. The molecule has 0 unspecified atom stereocenters. The van der Waals surface area contributed by atoms with E-state index >= 15 is 0 Å². The number of carbonyl (C=O) groups excluding carboxylic acids is 1. The smallest absolute Gasteiger partial charge is 0.319 e. The van der Waals surface area contributed by atoms with Crippen molar-refractivity contribution in [1.29, 1.82) is 0 Å². The van der Waals surface area contributed by atoms with Gasteiger partial charge in [-0.1, -0.05) is 18.2 Å². The Labute approximate surface area is 142 Å². The fourth-order valence-electron chi connectivity index (χ4n) is 2.36. The fourth-order valence-corrected chi connectivity index (χ4v) is 2.36. The van der Waals surface area contributed by atoms with Gasteiger partial charge in [-0.15, -0.1) is 0 Å². The molecule has 0 saturated heterocycles. The molecule has 0 bridgehead atoms. The van der Waals surface area contributed by atoms with Crippen molar-refractivity contribution in [3.63, 3.8) is 0 Å². The number of halogens is 2. The van der Waals surface area contributed by atoms with Gasteiger partial charge in [0.15, 0.2) is 0 Å². The number of H-pyrrole nitrogens is 1. The number of benzene rings is 2. The Bertz CT molecular complexity index is 932. The summed E-state index contributed by atoms with van der Waals surface area (Å²) in [6.07, 6.45) is 3.51. The summed E-state index contributed by atoms with van der Waals surface area (Å²) < 4.78 is 27.0. The van der Waals surface area contributed by atoms with Crippen molar-refractivity contribution in [2.75, 3.05) is 11.9 Å². The van der Waals surface area contributed by atoms with Crippen LogP contribution in [-0.4, -0.2) is 22.8 Å². The van der Waals surface area contributed by atoms with E-state index in [0.717, 1.165) is 5.56 Å². The highest BCUT2D eigenvalue weighted by molar-refractivity contribution is 5.96. The monoisotopic (exact) mass is 342 g/mol. The Morgan fingerprint density at radius 2 is 1.96 bits per heavy atom. The molecule has 1 aromatic heterocycles. The second-order valence-corrected chi connectivity index (χ2v) is 5.36. The van der Waals surface area contributed by atoms with Crippen molar-refractivity contribution < 1.29 is 13.6 Å². The number of fused-ring (bicyclic) bond motifs is 1. The molecule has 3 rings (SSSR count). The predicted molar refractivity (Wildman–Crippen MR) is 94.1 cm³/mol. The number of urea groups is 1. The quantitative estimate of drug-likeness (QED) is 0.666. The SMILES string of the molecule is CCNC(=O)Nc1cc2c(/C=C/c3ccc(F)cc3)n[nH]c2cc1F. The van der Waals surface area contributed by atoms with Crippen molar-refractivity contribution in [2.24, 2.45) is 0 Å². The van der Waals surface area contributed by atoms with Gasteiger partial charge in [-0.3, -0.25) is 5.10 Å². The molecule has 0 saturated carbocycles. The molecule has 3 N–H and O–H groups in total. The third-order valence-electron chi connectivity index (χ3n) is 3.57. The van der Waals surface area contributed by atoms with Crippen molar-refractivity contribution >= 4 is 34.8 Å². The summed E-state index contributed by atoms with van der Waals surface area (Å²) in [5.41, 5.74) is 1.97. The van der Waals surface area contributed by atoms with Gasteiger partial charge in [-0.2, -0.15) is 5.10 Å². The molecule has 0 atom stereocenters. The molecule has 0 aliphatic heterocycles. The number of nitrogens with one attached hydrogen (secondary N) is 3. The van der Waals surface area contributed by atoms with Gasteiger partial charge in [0, 0.05) is 18.0 Å². The first-order valence-corrected chi connectivity index (χ1v) is 7.73. The highest BCUT2D eigenvalue weighted by Crippen LogP contribution is 2.25. The first-order chi connectivity index (χ1) is 12.1. The number of carbonyl (C=O) groups is 1. The highest BCUT2D eigenvalue weighted by atomic mass is 19.1. The molecule has 25 heavy (non-hydrogen) atoms. The summed E-state index contributed by atoms with van der Waals surface area (Å²) in [6.45, 7) is 2.21. The Hall–Kier alpha value is -3.22. The van der Waals surface area contributed by atoms with E-state index in [9.17, 15) is 13.6 Å². The van der Waals surface area contributed by atoms with Crippen LogP contribution in [0.2, 0.25) is 0 Å². The number of nitrogens with zero attached hydrogens (tertiary/aromatic N) is 1. The second-order valence-electron chi connectivity index (χ2n) is 5.36. The first-order valence-electron chi connectivity index (χ1n) is 7.73. The van der Waals surface area contributed by atoms with Crippen LogP contribution in [-0.2, 0) is 0 Å². The van der Waals surface area contributed by atoms with Crippen molar-refractivity contribution in [1.82, 2.24) is 15.5 Å². The average Bonchev–Trinajstić information content (AvgIpc) is 2.97. The number of aromatic amines is 1. The van der Waals surface area contributed by atoms with Gasteiger partial charge in [-0.25, -0.2) is 13.6 Å². The Kier molecular flexibility index (Phi) is 4.74. The lowest BCUT2D eigenvalue weighted by Crippen LogP contribution is -2.28. The minimum atomic E-state index is -0.559. The molecule has 3 aromatic rings. The summed E-state index contributed by atoms with van der Waals surface area (Å²) >= 11 is 0. The van der Waals surface area contributed by atoms with E-state index in [1.807, 2.05) is 0 Å². The molecule has 2 amide bonds. The number of amides is 2. The zero-order chi connectivity index (χ0) is 17.8. The lowest BCUT2D eigenvalue weighted by atomic mass is 10.1. The first kappa shape index (κ1) is 16.6. The number of anilines is 1. The maximum absolute atomic E-state index is 14.1. The summed E-state index contributed by atoms with van der Waals surface area (Å²) in [7, 11) is 0. The molecule has 0 aliphatic carbocycles. The summed E-state index contributed by atoms with van der Waals surface area (Å²) in [5, 5.41) is 12.6. The molecule has 0 spiro atoms. The van der Waals surface area contributed by atoms with Crippen LogP contribution in [0.15, 0.2) is 36.4 Å². The van der Waals surface area contributed by atoms with Crippen LogP contribution in [0.4, 0.5) is 19.3 Å². The zero-order valence-corrected chi connectivity index (χ0v) is 13.4. The van der Waals surface area contributed by atoms with Gasteiger partial charge >= 0.3 is 6.03 Å². The Balaban J connectivity index is 1.91. The van der Waals surface area contributed by atoms with E-state index in [-0.39, 0.29) is 11.5 Å². The van der Waals surface area contributed by atoms with Crippen LogP contribution < -0.4 is 10.6 Å². The summed E-state index contributed by atoms with van der Waals surface area (Å²) in [5.74, 6) is -0.865. The average molecular weight is 342 g/mol. The van der Waals surface area contributed by atoms with Gasteiger partial charge in [0.25, 0.3) is 0 Å². The Morgan fingerprint density at radius 1 is 1.20 bits per heavy atom. The standard InChI is InChI=1S/C18H16F2N4O/c1-2-21-18(25)22-17-9-13-15(23-24-16(13)10-14(17)20)8-5-11-3-6-12(19)7-4-11/h3-10H,2H2,1H3,(H,23,24)(H2,21,22,25)/b8-5+. The molecule has 1 heterocycles. The van der Waals surface area contributed by atoms with E-state index in [2.05, 4.69) is 20.8 Å². The summed E-state index contributed by atoms with van der Waals surface area (Å²) in [4.78, 5) is 11.6. The van der Waals surface area contributed by atoms with E-state index in [4.69, 9.17) is 0 Å². The molecule has 2 aromatic carbocycles. The fraction of sp³-hybridized carbons (Fsp3) is 0.111. The van der Waals surface area contributed by atoms with Crippen molar-refractivity contribution in [3.05, 3.63) is 59.3 Å². The third-order valence-corrected chi connectivity index (χ3v) is 3.57. The maximum atomic E-state index is 14.1. The van der Waals surface area contributed by atoms with Crippen molar-refractivity contribution in [2.45, 2.75) is 6.92 Å². The van der Waals surface area contributed by atoms with Gasteiger partial charge in [-0.05, 0) is 36.8 Å². The topological polar surface area (TPSA) is 69.8 Å². The lowest BCUT2D eigenvalue weighted by molar-refractivity contribution is 0.252. The molecule has 5 nitrogen and oxygen atoms in total. The lowest BCUT2D eigenvalue weighted by Gasteiger charge is -2.07. The van der Waals surface area contributed by atoms with Gasteiger partial charge in [0.05, 0.1) is 16.9 Å². The number of rotatable bonds is 4. The molecular formula is C18H16F2N4O. The molecular weight excluding hydrogens is 326 g/mol. The molecule has 0 fully saturated rings. The predicted octanol–water partition coefficient (Wildman–Crippen LogP) is 4.15. The largest absolute Gasteiger partial charge is 0.338 e. The zero-order valence-electron chi connectivity index (χ0n) is 13.4. The van der Waals surface area contributed by atoms with Crippen LogP contribution in [0.25, 0.3) is 23.1 Å². The van der Waals surface area contributed by atoms with Gasteiger partial charge < -0.3 is 10.6 Å². The molecule has 7 heteroatoms. The number of hydrogen-bond acceptors (Lipinski definition) is 2. The summed E-state index contributed by atoms with van der Waals surface area (Å²) in [6, 6.07) is 8.34. The van der Waals surface area contributed by atoms with Crippen molar-refractivity contribution in [3.8, 4) is 0 Å². The molecule has 0 aliphatic rings. The van der Waals surface area contributed by atoms with Crippen LogP contribution in [0, 0.1) is 11.6 Å². The van der Waals surface area contributed by atoms with Crippen LogP contribution >= 0.6 is 0 Å².